The molecule has 1 unspecified atom stereocenters. The van der Waals surface area contributed by atoms with E-state index in [-0.39, 0.29) is 17.9 Å². The van der Waals surface area contributed by atoms with Crippen molar-refractivity contribution >= 4 is 17.5 Å². The topological polar surface area (TPSA) is 84.7 Å². The molecule has 23 heavy (non-hydrogen) atoms. The summed E-state index contributed by atoms with van der Waals surface area (Å²) in [5.41, 5.74) is 7.78. The highest BCUT2D eigenvalue weighted by Crippen LogP contribution is 2.26. The van der Waals surface area contributed by atoms with Gasteiger partial charge in [-0.25, -0.2) is 0 Å². The molecule has 2 amide bonds. The van der Waals surface area contributed by atoms with Gasteiger partial charge in [-0.2, -0.15) is 0 Å². The smallest absolute Gasteiger partial charge is 0.224 e. The zero-order chi connectivity index (χ0) is 16.2. The first-order valence-electron chi connectivity index (χ1n) is 8.21. The number of carbonyl (C=O) groups excluding carboxylic acids is 2. The fraction of sp³-hybridized carbons (Fsp3) is 0.529. The van der Waals surface area contributed by atoms with E-state index >= 15 is 0 Å². The van der Waals surface area contributed by atoms with Crippen LogP contribution in [-0.2, 0) is 16.0 Å². The van der Waals surface area contributed by atoms with E-state index in [2.05, 4.69) is 5.32 Å². The van der Waals surface area contributed by atoms with Crippen LogP contribution in [0.4, 0.5) is 5.69 Å². The van der Waals surface area contributed by atoms with Crippen LogP contribution >= 0.6 is 0 Å². The van der Waals surface area contributed by atoms with Crippen LogP contribution in [0.2, 0.25) is 0 Å². The molecule has 0 spiro atoms. The molecule has 1 saturated heterocycles. The number of nitrogens with zero attached hydrogens (tertiary/aromatic N) is 1. The molecule has 1 atom stereocenters. The summed E-state index contributed by atoms with van der Waals surface area (Å²) in [6.07, 6.45) is 3.34. The summed E-state index contributed by atoms with van der Waals surface area (Å²) in [4.78, 5) is 25.2. The number of likely N-dealkylation sites (tertiary alicyclic amines) is 1. The van der Waals surface area contributed by atoms with Gasteiger partial charge in [0.2, 0.25) is 11.8 Å². The Morgan fingerprint density at radius 3 is 3.04 bits per heavy atom. The third-order valence-corrected chi connectivity index (χ3v) is 4.35. The number of ether oxygens (including phenoxy) is 1. The number of rotatable bonds is 5. The molecule has 3 rings (SSSR count). The first-order valence-corrected chi connectivity index (χ1v) is 8.21. The minimum atomic E-state index is 0.0614. The van der Waals surface area contributed by atoms with Gasteiger partial charge in [-0.05, 0) is 43.0 Å². The van der Waals surface area contributed by atoms with E-state index in [4.69, 9.17) is 10.5 Å². The number of carbonyl (C=O) groups is 2. The average Bonchev–Trinajstić information content (AvgIpc) is 2.98. The van der Waals surface area contributed by atoms with E-state index < -0.39 is 0 Å². The Morgan fingerprint density at radius 1 is 1.39 bits per heavy atom. The van der Waals surface area contributed by atoms with Crippen molar-refractivity contribution in [3.8, 4) is 5.75 Å². The molecule has 2 aliphatic rings. The van der Waals surface area contributed by atoms with E-state index in [0.717, 1.165) is 36.4 Å². The molecule has 0 bridgehead atoms. The number of aryl methyl sites for hydroxylation is 1. The van der Waals surface area contributed by atoms with Crippen molar-refractivity contribution in [2.75, 3.05) is 25.0 Å². The third kappa shape index (κ3) is 4.01. The van der Waals surface area contributed by atoms with Crippen LogP contribution in [-0.4, -0.2) is 42.5 Å². The van der Waals surface area contributed by atoms with Crippen LogP contribution in [0, 0.1) is 0 Å². The fourth-order valence-corrected chi connectivity index (χ4v) is 3.03. The van der Waals surface area contributed by atoms with Crippen molar-refractivity contribution < 1.29 is 14.3 Å². The van der Waals surface area contributed by atoms with Gasteiger partial charge >= 0.3 is 0 Å². The summed E-state index contributed by atoms with van der Waals surface area (Å²) in [6, 6.07) is 5.83. The maximum Gasteiger partial charge on any atom is 0.224 e. The van der Waals surface area contributed by atoms with Crippen LogP contribution in [0.15, 0.2) is 18.2 Å². The molecule has 124 valence electrons. The van der Waals surface area contributed by atoms with Gasteiger partial charge in [0.15, 0.2) is 0 Å². The van der Waals surface area contributed by atoms with Gasteiger partial charge in [0.25, 0.3) is 0 Å². The molecular formula is C17H23N3O3. The number of anilines is 1. The summed E-state index contributed by atoms with van der Waals surface area (Å²) >= 11 is 0. The molecule has 0 aromatic heterocycles. The molecule has 1 aromatic carbocycles. The largest absolute Gasteiger partial charge is 0.494 e. The highest BCUT2D eigenvalue weighted by molar-refractivity contribution is 5.94. The van der Waals surface area contributed by atoms with Gasteiger partial charge in [-0.3, -0.25) is 9.59 Å². The molecular weight excluding hydrogens is 294 g/mol. The lowest BCUT2D eigenvalue weighted by Gasteiger charge is -2.18. The first kappa shape index (κ1) is 15.8. The summed E-state index contributed by atoms with van der Waals surface area (Å²) in [7, 11) is 0. The van der Waals surface area contributed by atoms with Crippen molar-refractivity contribution in [2.24, 2.45) is 5.73 Å². The molecule has 0 saturated carbocycles. The first-order chi connectivity index (χ1) is 11.1. The Bertz CT molecular complexity index is 603. The summed E-state index contributed by atoms with van der Waals surface area (Å²) in [5.74, 6) is 1.01. The standard InChI is InChI=1S/C17H23N3O3/c18-13-7-8-20(11-13)17(22)2-1-9-23-14-4-5-15-12(10-14)3-6-16(21)19-15/h4-5,10,13H,1-3,6-9,11,18H2,(H,19,21). The molecule has 0 aliphatic carbocycles. The van der Waals surface area contributed by atoms with E-state index in [1.54, 1.807) is 0 Å². The predicted molar refractivity (Wildman–Crippen MR) is 87.3 cm³/mol. The van der Waals surface area contributed by atoms with Gasteiger partial charge in [0.1, 0.15) is 5.75 Å². The van der Waals surface area contributed by atoms with Crippen molar-refractivity contribution in [1.29, 1.82) is 0 Å². The van der Waals surface area contributed by atoms with Crippen LogP contribution in [0.25, 0.3) is 0 Å². The maximum atomic E-state index is 12.0. The number of benzene rings is 1. The van der Waals surface area contributed by atoms with E-state index in [9.17, 15) is 9.59 Å². The normalized spacial score (nSPS) is 20.1. The zero-order valence-electron chi connectivity index (χ0n) is 13.2. The van der Waals surface area contributed by atoms with E-state index in [1.165, 1.54) is 0 Å². The third-order valence-electron chi connectivity index (χ3n) is 4.35. The Labute approximate surface area is 136 Å². The van der Waals surface area contributed by atoms with Gasteiger partial charge in [0.05, 0.1) is 6.61 Å². The van der Waals surface area contributed by atoms with Crippen LogP contribution in [0.3, 0.4) is 0 Å². The van der Waals surface area contributed by atoms with E-state index in [0.29, 0.717) is 32.4 Å². The molecule has 6 nitrogen and oxygen atoms in total. The van der Waals surface area contributed by atoms with Crippen molar-refractivity contribution in [3.05, 3.63) is 23.8 Å². The van der Waals surface area contributed by atoms with Crippen LogP contribution < -0.4 is 15.8 Å². The van der Waals surface area contributed by atoms with Crippen LogP contribution in [0.1, 0.15) is 31.2 Å². The number of fused-ring (bicyclic) bond motifs is 1. The SMILES string of the molecule is NC1CCN(C(=O)CCCOc2ccc3c(c2)CCC(=O)N3)C1. The van der Waals surface area contributed by atoms with Crippen molar-refractivity contribution in [3.63, 3.8) is 0 Å². The highest BCUT2D eigenvalue weighted by Gasteiger charge is 2.22. The Balaban J connectivity index is 1.42. The Morgan fingerprint density at radius 2 is 2.26 bits per heavy atom. The Hall–Kier alpha value is -2.08. The number of hydrogen-bond acceptors (Lipinski definition) is 4. The highest BCUT2D eigenvalue weighted by atomic mass is 16.5. The molecule has 2 aliphatic heterocycles. The van der Waals surface area contributed by atoms with Gasteiger partial charge < -0.3 is 20.7 Å². The molecule has 6 heteroatoms. The average molecular weight is 317 g/mol. The molecule has 2 heterocycles. The molecule has 1 aromatic rings. The Kier molecular flexibility index (Phi) is 4.81. The number of amides is 2. The molecule has 1 fully saturated rings. The summed E-state index contributed by atoms with van der Waals surface area (Å²) in [5, 5.41) is 2.85. The van der Waals surface area contributed by atoms with Crippen LogP contribution in [0.5, 0.6) is 5.75 Å². The van der Waals surface area contributed by atoms with Gasteiger partial charge in [0, 0.05) is 37.7 Å². The second-order valence-electron chi connectivity index (χ2n) is 6.21. The summed E-state index contributed by atoms with van der Waals surface area (Å²) in [6.45, 7) is 1.96. The lowest BCUT2D eigenvalue weighted by molar-refractivity contribution is -0.130. The summed E-state index contributed by atoms with van der Waals surface area (Å²) < 4.78 is 5.72. The predicted octanol–water partition coefficient (Wildman–Crippen LogP) is 1.29. The minimum absolute atomic E-state index is 0.0614. The zero-order valence-corrected chi connectivity index (χ0v) is 13.2. The monoisotopic (exact) mass is 317 g/mol. The van der Waals surface area contributed by atoms with Gasteiger partial charge in [-0.15, -0.1) is 0 Å². The van der Waals surface area contributed by atoms with Gasteiger partial charge in [-0.1, -0.05) is 0 Å². The number of nitrogens with two attached hydrogens (primary N) is 1. The maximum absolute atomic E-state index is 12.0. The number of nitrogens with one attached hydrogen (secondary N) is 1. The number of hydrogen-bond donors (Lipinski definition) is 2. The fourth-order valence-electron chi connectivity index (χ4n) is 3.03. The molecule has 3 N–H and O–H groups in total. The second-order valence-corrected chi connectivity index (χ2v) is 6.21. The van der Waals surface area contributed by atoms with Crippen molar-refractivity contribution in [2.45, 2.75) is 38.1 Å². The quantitative estimate of drug-likeness (QED) is 0.802. The van der Waals surface area contributed by atoms with E-state index in [1.807, 2.05) is 23.1 Å². The minimum Gasteiger partial charge on any atom is -0.494 e. The second kappa shape index (κ2) is 7.00. The lowest BCUT2D eigenvalue weighted by atomic mass is 10.0. The van der Waals surface area contributed by atoms with Crippen molar-refractivity contribution in [1.82, 2.24) is 4.90 Å². The molecule has 0 radical (unpaired) electrons. The lowest BCUT2D eigenvalue weighted by Crippen LogP contribution is -2.31.